The number of thioether (sulfide) groups is 2. The number of rotatable bonds is 10. The second-order valence-corrected chi connectivity index (χ2v) is 7.41. The van der Waals surface area contributed by atoms with E-state index in [2.05, 4.69) is 13.2 Å². The maximum atomic E-state index is 11.3. The number of hydrogen-bond acceptors (Lipinski definition) is 6. The molecule has 0 aromatic heterocycles. The molecule has 0 rings (SSSR count). The summed E-state index contributed by atoms with van der Waals surface area (Å²) >= 11 is 3.15. The monoisotopic (exact) mass is 332 g/mol. The van der Waals surface area contributed by atoms with Gasteiger partial charge in [0.15, 0.2) is 0 Å². The molecule has 2 atom stereocenters. The minimum absolute atomic E-state index is 0.183. The first-order valence-corrected chi connectivity index (χ1v) is 8.80. The summed E-state index contributed by atoms with van der Waals surface area (Å²) in [5.41, 5.74) is 0.452. The van der Waals surface area contributed by atoms with Crippen molar-refractivity contribution in [2.24, 2.45) is 0 Å². The van der Waals surface area contributed by atoms with E-state index in [0.717, 1.165) is 17.9 Å². The number of esters is 2. The molecule has 6 heteroatoms. The lowest BCUT2D eigenvalue weighted by atomic mass is 10.4. The summed E-state index contributed by atoms with van der Waals surface area (Å²) in [5, 5.41) is 0. The van der Waals surface area contributed by atoms with Gasteiger partial charge in [0.1, 0.15) is 10.9 Å². The van der Waals surface area contributed by atoms with Crippen LogP contribution < -0.4 is 0 Å². The third-order valence-corrected chi connectivity index (χ3v) is 4.42. The predicted octanol–water partition coefficient (Wildman–Crippen LogP) is 3.77. The van der Waals surface area contributed by atoms with Crippen LogP contribution >= 0.6 is 23.5 Å². The van der Waals surface area contributed by atoms with E-state index in [1.165, 1.54) is 0 Å². The van der Waals surface area contributed by atoms with E-state index in [4.69, 9.17) is 9.47 Å². The number of carbonyl (C=O) groups excluding carboxylic acids is 2. The van der Waals surface area contributed by atoms with Crippen LogP contribution in [0.15, 0.2) is 24.3 Å². The van der Waals surface area contributed by atoms with E-state index in [1.807, 2.05) is 13.8 Å². The summed E-state index contributed by atoms with van der Waals surface area (Å²) in [6.07, 6.45) is 0.944. The number of hydrogen-bond donors (Lipinski definition) is 0. The third-order valence-electron chi connectivity index (χ3n) is 2.24. The van der Waals surface area contributed by atoms with Crippen molar-refractivity contribution in [1.82, 2.24) is 0 Å². The van der Waals surface area contributed by atoms with Crippen molar-refractivity contribution >= 4 is 35.5 Å². The van der Waals surface area contributed by atoms with Crippen molar-refractivity contribution in [1.29, 1.82) is 0 Å². The Bertz CT molecular complexity index is 357. The Labute approximate surface area is 135 Å². The molecular weight excluding hydrogens is 308 g/mol. The fourth-order valence-corrected chi connectivity index (χ4v) is 2.91. The molecule has 0 aliphatic rings. The van der Waals surface area contributed by atoms with Gasteiger partial charge in [-0.25, -0.2) is 9.59 Å². The SMILES string of the molecule is C=C(C)C(=O)OC(C)SCCCSC(C)OC(=O)C(=C)C. The molecular formula is C15H24O4S2. The minimum atomic E-state index is -0.357. The molecule has 0 saturated heterocycles. The summed E-state index contributed by atoms with van der Waals surface area (Å²) in [5.74, 6) is 1.03. The quantitative estimate of drug-likeness (QED) is 0.263. The predicted molar refractivity (Wildman–Crippen MR) is 90.3 cm³/mol. The zero-order chi connectivity index (χ0) is 16.4. The lowest BCUT2D eigenvalue weighted by Crippen LogP contribution is -2.13. The van der Waals surface area contributed by atoms with Crippen LogP contribution in [0.3, 0.4) is 0 Å². The van der Waals surface area contributed by atoms with E-state index >= 15 is 0 Å². The van der Waals surface area contributed by atoms with E-state index < -0.39 is 0 Å². The molecule has 0 amide bonds. The Morgan fingerprint density at radius 3 is 1.52 bits per heavy atom. The average molecular weight is 332 g/mol. The van der Waals surface area contributed by atoms with E-state index in [1.54, 1.807) is 37.4 Å². The minimum Gasteiger partial charge on any atom is -0.448 e. The van der Waals surface area contributed by atoms with E-state index in [0.29, 0.717) is 11.1 Å². The highest BCUT2D eigenvalue weighted by atomic mass is 32.2. The fourth-order valence-electron chi connectivity index (χ4n) is 1.13. The summed E-state index contributed by atoms with van der Waals surface area (Å²) < 4.78 is 10.3. The number of carbonyl (C=O) groups is 2. The lowest BCUT2D eigenvalue weighted by molar-refractivity contribution is -0.140. The van der Waals surface area contributed by atoms with Crippen LogP contribution in [0.1, 0.15) is 34.1 Å². The molecule has 0 bridgehead atoms. The molecule has 0 aromatic rings. The molecule has 0 N–H and O–H groups in total. The van der Waals surface area contributed by atoms with Gasteiger partial charge in [-0.15, -0.1) is 23.5 Å². The van der Waals surface area contributed by atoms with Crippen LogP contribution in [0.4, 0.5) is 0 Å². The first-order chi connectivity index (χ1) is 9.73. The second-order valence-electron chi connectivity index (χ2n) is 4.60. The van der Waals surface area contributed by atoms with Crippen LogP contribution in [0.2, 0.25) is 0 Å². The molecule has 21 heavy (non-hydrogen) atoms. The second kappa shape index (κ2) is 10.8. The summed E-state index contributed by atoms with van der Waals surface area (Å²) in [6, 6.07) is 0. The standard InChI is InChI=1S/C15H24O4S2/c1-10(2)14(16)18-12(5)20-8-7-9-21-13(6)19-15(17)11(3)4/h12-13H,1,3,7-9H2,2,4-6H3. The smallest absolute Gasteiger partial charge is 0.334 e. The molecule has 0 aromatic carbocycles. The highest BCUT2D eigenvalue weighted by molar-refractivity contribution is 8.00. The molecule has 0 spiro atoms. The number of ether oxygens (including phenoxy) is 2. The molecule has 0 fully saturated rings. The van der Waals surface area contributed by atoms with Gasteiger partial charge in [0.25, 0.3) is 0 Å². The van der Waals surface area contributed by atoms with Gasteiger partial charge in [-0.05, 0) is 45.6 Å². The van der Waals surface area contributed by atoms with Crippen molar-refractivity contribution in [2.75, 3.05) is 11.5 Å². The first kappa shape index (κ1) is 20.1. The van der Waals surface area contributed by atoms with Crippen LogP contribution in [0, 0.1) is 0 Å². The molecule has 4 nitrogen and oxygen atoms in total. The van der Waals surface area contributed by atoms with E-state index in [9.17, 15) is 9.59 Å². The van der Waals surface area contributed by atoms with Gasteiger partial charge >= 0.3 is 11.9 Å². The van der Waals surface area contributed by atoms with Gasteiger partial charge in [-0.2, -0.15) is 0 Å². The van der Waals surface area contributed by atoms with Gasteiger partial charge < -0.3 is 9.47 Å². The molecule has 0 aliphatic heterocycles. The highest BCUT2D eigenvalue weighted by Gasteiger charge is 2.11. The van der Waals surface area contributed by atoms with E-state index in [-0.39, 0.29) is 22.8 Å². The summed E-state index contributed by atoms with van der Waals surface area (Å²) in [6.45, 7) is 14.0. The van der Waals surface area contributed by atoms with Gasteiger partial charge in [0, 0.05) is 11.1 Å². The van der Waals surface area contributed by atoms with Crippen molar-refractivity contribution < 1.29 is 19.1 Å². The zero-order valence-corrected chi connectivity index (χ0v) is 14.8. The molecule has 0 heterocycles. The Morgan fingerprint density at radius 1 is 0.905 bits per heavy atom. The molecule has 0 radical (unpaired) electrons. The van der Waals surface area contributed by atoms with Gasteiger partial charge in [0.05, 0.1) is 0 Å². The van der Waals surface area contributed by atoms with Gasteiger partial charge in [-0.3, -0.25) is 0 Å². The Morgan fingerprint density at radius 2 is 1.24 bits per heavy atom. The highest BCUT2D eigenvalue weighted by Crippen LogP contribution is 2.18. The maximum absolute atomic E-state index is 11.3. The van der Waals surface area contributed by atoms with Crippen LogP contribution in [-0.2, 0) is 19.1 Å². The third kappa shape index (κ3) is 10.5. The van der Waals surface area contributed by atoms with Crippen molar-refractivity contribution in [3.63, 3.8) is 0 Å². The Hall–Kier alpha value is -0.880. The molecule has 0 saturated carbocycles. The molecule has 2 unspecified atom stereocenters. The lowest BCUT2D eigenvalue weighted by Gasteiger charge is -2.14. The summed E-state index contributed by atoms with van der Waals surface area (Å²) in [4.78, 5) is 22.6. The summed E-state index contributed by atoms with van der Waals surface area (Å²) in [7, 11) is 0. The van der Waals surface area contributed by atoms with Crippen LogP contribution in [0.5, 0.6) is 0 Å². The van der Waals surface area contributed by atoms with Crippen molar-refractivity contribution in [3.8, 4) is 0 Å². The first-order valence-electron chi connectivity index (χ1n) is 6.70. The van der Waals surface area contributed by atoms with Crippen molar-refractivity contribution in [2.45, 2.75) is 45.0 Å². The average Bonchev–Trinajstić information content (AvgIpc) is 2.37. The molecule has 0 aliphatic carbocycles. The zero-order valence-electron chi connectivity index (χ0n) is 13.1. The van der Waals surface area contributed by atoms with Crippen LogP contribution in [0.25, 0.3) is 0 Å². The van der Waals surface area contributed by atoms with Gasteiger partial charge in [0.2, 0.25) is 0 Å². The van der Waals surface area contributed by atoms with Crippen LogP contribution in [-0.4, -0.2) is 34.3 Å². The molecule has 120 valence electrons. The van der Waals surface area contributed by atoms with Gasteiger partial charge in [-0.1, -0.05) is 13.2 Å². The topological polar surface area (TPSA) is 52.6 Å². The van der Waals surface area contributed by atoms with Crippen molar-refractivity contribution in [3.05, 3.63) is 24.3 Å². The largest absolute Gasteiger partial charge is 0.448 e. The Balaban J connectivity index is 3.67. The Kier molecular flexibility index (Phi) is 10.3. The maximum Gasteiger partial charge on any atom is 0.334 e. The normalized spacial score (nSPS) is 13.1. The fraction of sp³-hybridized carbons (Fsp3) is 0.600.